The Balaban J connectivity index is 1.39. The Morgan fingerprint density at radius 1 is 1.15 bits per heavy atom. The number of hydrogen-bond acceptors (Lipinski definition) is 4. The zero-order valence-corrected chi connectivity index (χ0v) is 16.4. The summed E-state index contributed by atoms with van der Waals surface area (Å²) in [6, 6.07) is 15.4. The van der Waals surface area contributed by atoms with E-state index < -0.39 is 9.84 Å². The van der Waals surface area contributed by atoms with Crippen molar-refractivity contribution in [1.29, 1.82) is 0 Å². The molecule has 0 spiro atoms. The van der Waals surface area contributed by atoms with Crippen molar-refractivity contribution in [3.63, 3.8) is 0 Å². The van der Waals surface area contributed by atoms with Gasteiger partial charge in [-0.2, -0.15) is 0 Å². The Morgan fingerprint density at radius 3 is 2.67 bits per heavy atom. The molecule has 6 heteroatoms. The lowest BCUT2D eigenvalue weighted by Gasteiger charge is -2.32. The molecule has 142 valence electrons. The second kappa shape index (κ2) is 7.44. The monoisotopic (exact) mass is 383 g/mol. The van der Waals surface area contributed by atoms with Crippen LogP contribution in [0.25, 0.3) is 11.0 Å². The predicted octanol–water partition coefficient (Wildman–Crippen LogP) is 3.42. The molecule has 1 fully saturated rings. The average molecular weight is 384 g/mol. The van der Waals surface area contributed by atoms with Crippen LogP contribution in [-0.2, 0) is 22.8 Å². The maximum atomic E-state index is 11.6. The molecule has 2 heterocycles. The lowest BCUT2D eigenvalue weighted by atomic mass is 9.94. The van der Waals surface area contributed by atoms with Crippen molar-refractivity contribution in [3.05, 3.63) is 59.9 Å². The number of aromatic nitrogens is 2. The summed E-state index contributed by atoms with van der Waals surface area (Å²) < 4.78 is 23.2. The largest absolute Gasteiger partial charge is 0.342 e. The van der Waals surface area contributed by atoms with E-state index in [1.165, 1.54) is 19.1 Å². The fraction of sp³-hybridized carbons (Fsp3) is 0.381. The van der Waals surface area contributed by atoms with Crippen molar-refractivity contribution in [2.45, 2.75) is 30.7 Å². The van der Waals surface area contributed by atoms with Crippen molar-refractivity contribution in [1.82, 2.24) is 14.9 Å². The maximum Gasteiger partial charge on any atom is 0.175 e. The van der Waals surface area contributed by atoms with E-state index in [0.29, 0.717) is 10.8 Å². The first-order valence-corrected chi connectivity index (χ1v) is 11.3. The number of para-hydroxylation sites is 2. The van der Waals surface area contributed by atoms with E-state index >= 15 is 0 Å². The quantitative estimate of drug-likeness (QED) is 0.733. The van der Waals surface area contributed by atoms with E-state index in [4.69, 9.17) is 4.98 Å². The third kappa shape index (κ3) is 4.39. The summed E-state index contributed by atoms with van der Waals surface area (Å²) in [6.07, 6.45) is 4.63. The average Bonchev–Trinajstić information content (AvgIpc) is 3.04. The highest BCUT2D eigenvalue weighted by Crippen LogP contribution is 2.23. The summed E-state index contributed by atoms with van der Waals surface area (Å²) in [5.74, 6) is 1.66. The van der Waals surface area contributed by atoms with Crippen molar-refractivity contribution in [3.8, 4) is 0 Å². The van der Waals surface area contributed by atoms with E-state index in [1.807, 2.05) is 30.3 Å². The number of fused-ring (bicyclic) bond motifs is 1. The van der Waals surface area contributed by atoms with E-state index in [9.17, 15) is 8.42 Å². The van der Waals surface area contributed by atoms with Crippen LogP contribution in [0.2, 0.25) is 0 Å². The number of benzene rings is 2. The molecule has 27 heavy (non-hydrogen) atoms. The molecule has 0 aliphatic carbocycles. The minimum Gasteiger partial charge on any atom is -0.342 e. The Morgan fingerprint density at radius 2 is 1.93 bits per heavy atom. The first-order valence-electron chi connectivity index (χ1n) is 9.42. The summed E-state index contributed by atoms with van der Waals surface area (Å²) in [7, 11) is -3.13. The Hall–Kier alpha value is -2.18. The number of sulfone groups is 1. The van der Waals surface area contributed by atoms with E-state index in [2.05, 4.69) is 16.0 Å². The minimum atomic E-state index is -3.13. The zero-order valence-electron chi connectivity index (χ0n) is 15.6. The zero-order chi connectivity index (χ0) is 18.9. The molecule has 5 nitrogen and oxygen atoms in total. The first kappa shape index (κ1) is 18.2. The molecule has 0 radical (unpaired) electrons. The standard InChI is InChI=1S/C21H25N3O2S/c1-27(25,26)18-10-8-16(9-11-18)14-24-12-4-5-17(15-24)13-21-22-19-6-2-3-7-20(19)23-21/h2-3,6-11,17H,4-5,12-15H2,1H3,(H,22,23). The van der Waals surface area contributed by atoms with Gasteiger partial charge >= 0.3 is 0 Å². The number of likely N-dealkylation sites (tertiary alicyclic amines) is 1. The molecule has 4 rings (SSSR count). The second-order valence-corrected chi connectivity index (χ2v) is 9.58. The summed E-state index contributed by atoms with van der Waals surface area (Å²) in [5.41, 5.74) is 3.30. The van der Waals surface area contributed by atoms with Crippen molar-refractivity contribution >= 4 is 20.9 Å². The van der Waals surface area contributed by atoms with Crippen LogP contribution in [0.1, 0.15) is 24.2 Å². The molecule has 1 N–H and O–H groups in total. The van der Waals surface area contributed by atoms with Gasteiger partial charge < -0.3 is 4.98 Å². The van der Waals surface area contributed by atoms with Crippen LogP contribution in [0.4, 0.5) is 0 Å². The minimum absolute atomic E-state index is 0.382. The van der Waals surface area contributed by atoms with Gasteiger partial charge in [0.15, 0.2) is 9.84 Å². The fourth-order valence-electron chi connectivity index (χ4n) is 3.94. The molecule has 0 bridgehead atoms. The molecule has 1 atom stereocenters. The van der Waals surface area contributed by atoms with Crippen LogP contribution in [0.15, 0.2) is 53.4 Å². The molecule has 1 unspecified atom stereocenters. The van der Waals surface area contributed by atoms with Crippen LogP contribution < -0.4 is 0 Å². The number of piperidine rings is 1. The van der Waals surface area contributed by atoms with Crippen LogP contribution in [0.5, 0.6) is 0 Å². The summed E-state index contributed by atoms with van der Waals surface area (Å²) in [5, 5.41) is 0. The van der Waals surface area contributed by atoms with Gasteiger partial charge in [-0.15, -0.1) is 0 Å². The Bertz CT molecular complexity index is 992. The summed E-state index contributed by atoms with van der Waals surface area (Å²) in [4.78, 5) is 11.0. The van der Waals surface area contributed by atoms with Gasteiger partial charge in [-0.05, 0) is 55.1 Å². The molecule has 2 aromatic carbocycles. The van der Waals surface area contributed by atoms with Crippen molar-refractivity contribution < 1.29 is 8.42 Å². The van der Waals surface area contributed by atoms with E-state index in [0.717, 1.165) is 48.5 Å². The molecular weight excluding hydrogens is 358 g/mol. The van der Waals surface area contributed by atoms with E-state index in [1.54, 1.807) is 12.1 Å². The second-order valence-electron chi connectivity index (χ2n) is 7.56. The number of nitrogens with one attached hydrogen (secondary N) is 1. The van der Waals surface area contributed by atoms with Gasteiger partial charge in [0.1, 0.15) is 5.82 Å². The molecule has 1 saturated heterocycles. The topological polar surface area (TPSA) is 66.1 Å². The molecule has 1 aliphatic rings. The van der Waals surface area contributed by atoms with Crippen molar-refractivity contribution in [2.75, 3.05) is 19.3 Å². The van der Waals surface area contributed by atoms with Gasteiger partial charge in [0.25, 0.3) is 0 Å². The lowest BCUT2D eigenvalue weighted by Crippen LogP contribution is -2.35. The third-order valence-corrected chi connectivity index (χ3v) is 6.41. The molecule has 1 aromatic heterocycles. The molecular formula is C21H25N3O2S. The van der Waals surface area contributed by atoms with Gasteiger partial charge in [0.2, 0.25) is 0 Å². The number of nitrogens with zero attached hydrogens (tertiary/aromatic N) is 2. The smallest absolute Gasteiger partial charge is 0.175 e. The number of hydrogen-bond donors (Lipinski definition) is 1. The molecule has 1 aliphatic heterocycles. The van der Waals surface area contributed by atoms with Gasteiger partial charge in [-0.1, -0.05) is 24.3 Å². The predicted molar refractivity (Wildman–Crippen MR) is 107 cm³/mol. The maximum absolute atomic E-state index is 11.6. The van der Waals surface area contributed by atoms with Gasteiger partial charge in [-0.25, -0.2) is 13.4 Å². The number of imidazole rings is 1. The van der Waals surface area contributed by atoms with Crippen LogP contribution in [0.3, 0.4) is 0 Å². The third-order valence-electron chi connectivity index (χ3n) is 5.28. The van der Waals surface area contributed by atoms with E-state index in [-0.39, 0.29) is 0 Å². The highest BCUT2D eigenvalue weighted by atomic mass is 32.2. The number of rotatable bonds is 5. The van der Waals surface area contributed by atoms with Crippen LogP contribution in [-0.4, -0.2) is 42.6 Å². The molecule has 3 aromatic rings. The highest BCUT2D eigenvalue weighted by molar-refractivity contribution is 7.90. The van der Waals surface area contributed by atoms with Gasteiger partial charge in [-0.3, -0.25) is 4.90 Å². The summed E-state index contributed by atoms with van der Waals surface area (Å²) in [6.45, 7) is 3.00. The van der Waals surface area contributed by atoms with Crippen LogP contribution >= 0.6 is 0 Å². The van der Waals surface area contributed by atoms with Gasteiger partial charge in [0.05, 0.1) is 15.9 Å². The normalized spacial score (nSPS) is 18.8. The molecule has 0 amide bonds. The lowest BCUT2D eigenvalue weighted by molar-refractivity contribution is 0.166. The highest BCUT2D eigenvalue weighted by Gasteiger charge is 2.21. The van der Waals surface area contributed by atoms with Crippen molar-refractivity contribution in [2.24, 2.45) is 5.92 Å². The first-order chi connectivity index (χ1) is 13.0. The fourth-order valence-corrected chi connectivity index (χ4v) is 4.57. The molecule has 0 saturated carbocycles. The Labute approximate surface area is 160 Å². The number of H-pyrrole nitrogens is 1. The summed E-state index contributed by atoms with van der Waals surface area (Å²) >= 11 is 0. The van der Waals surface area contributed by atoms with Crippen LogP contribution in [0, 0.1) is 5.92 Å². The van der Waals surface area contributed by atoms with Gasteiger partial charge in [0, 0.05) is 25.8 Å². The SMILES string of the molecule is CS(=O)(=O)c1ccc(CN2CCCC(Cc3nc4ccccc4[nH]3)C2)cc1. The number of aromatic amines is 1. The Kier molecular flexibility index (Phi) is 5.02.